The number of ether oxygens (including phenoxy) is 2. The molecule has 8 nitrogen and oxygen atoms in total. The van der Waals surface area contributed by atoms with Gasteiger partial charge in [-0.1, -0.05) is 12.1 Å². The van der Waals surface area contributed by atoms with Crippen molar-refractivity contribution in [2.45, 2.75) is 32.4 Å². The Morgan fingerprint density at radius 3 is 2.81 bits per heavy atom. The van der Waals surface area contributed by atoms with Crippen LogP contribution >= 0.6 is 0 Å². The number of amides is 1. The second-order valence-electron chi connectivity index (χ2n) is 7.49. The van der Waals surface area contributed by atoms with Gasteiger partial charge in [-0.05, 0) is 43.0 Å². The fourth-order valence-corrected chi connectivity index (χ4v) is 3.51. The average Bonchev–Trinajstić information content (AvgIpc) is 3.50. The standard InChI is InChI=1S/C23H28N2O6/c1-3-30-21-12-16(21)11-20(27)17-10-19(22(28)24-2)23(29)25(14-17)13-15-5-4-6-18(9-15)31-8-7-26/h4-6,9-10,14,16,21,26H,3,7-8,11-13H2,1-2H3,(H,24,28)/t16-,21-/m1/s1. The fraction of sp³-hybridized carbons (Fsp3) is 0.435. The molecule has 1 amide bonds. The summed E-state index contributed by atoms with van der Waals surface area (Å²) in [4.78, 5) is 38.0. The smallest absolute Gasteiger partial charge is 0.263 e. The van der Waals surface area contributed by atoms with E-state index in [1.807, 2.05) is 13.0 Å². The maximum Gasteiger partial charge on any atom is 0.263 e. The number of carbonyl (C=O) groups is 2. The van der Waals surface area contributed by atoms with Gasteiger partial charge in [0.25, 0.3) is 11.5 Å². The van der Waals surface area contributed by atoms with Gasteiger partial charge < -0.3 is 24.5 Å². The van der Waals surface area contributed by atoms with Crippen LogP contribution in [0, 0.1) is 5.92 Å². The van der Waals surface area contributed by atoms with Crippen molar-refractivity contribution < 1.29 is 24.2 Å². The molecule has 3 rings (SSSR count). The summed E-state index contributed by atoms with van der Waals surface area (Å²) >= 11 is 0. The van der Waals surface area contributed by atoms with E-state index in [2.05, 4.69) is 5.32 Å². The Balaban J connectivity index is 1.87. The van der Waals surface area contributed by atoms with Gasteiger partial charge in [-0.25, -0.2) is 0 Å². The van der Waals surface area contributed by atoms with Crippen LogP contribution in [0.15, 0.2) is 41.3 Å². The highest BCUT2D eigenvalue weighted by atomic mass is 16.5. The van der Waals surface area contributed by atoms with E-state index in [0.29, 0.717) is 24.3 Å². The molecule has 166 valence electrons. The Hall–Kier alpha value is -2.97. The first-order chi connectivity index (χ1) is 15.0. The van der Waals surface area contributed by atoms with Crippen molar-refractivity contribution in [2.24, 2.45) is 5.92 Å². The van der Waals surface area contributed by atoms with E-state index < -0.39 is 11.5 Å². The SMILES string of the molecule is CCO[C@@H]1C[C@H]1CC(=O)c1cc(C(=O)NC)c(=O)n(Cc2cccc(OCCO)c2)c1. The lowest BCUT2D eigenvalue weighted by Gasteiger charge is -2.12. The molecule has 2 N–H and O–H groups in total. The quantitative estimate of drug-likeness (QED) is 0.527. The molecule has 8 heteroatoms. The lowest BCUT2D eigenvalue weighted by molar-refractivity contribution is 0.0931. The number of rotatable bonds is 11. The largest absolute Gasteiger partial charge is 0.491 e. The molecule has 2 atom stereocenters. The molecule has 0 radical (unpaired) electrons. The third kappa shape index (κ3) is 5.80. The molecule has 1 aromatic heterocycles. The molecular weight excluding hydrogens is 400 g/mol. The zero-order valence-electron chi connectivity index (χ0n) is 17.8. The lowest BCUT2D eigenvalue weighted by atomic mass is 10.0. The summed E-state index contributed by atoms with van der Waals surface area (Å²) in [5.41, 5.74) is 0.547. The fourth-order valence-electron chi connectivity index (χ4n) is 3.51. The Labute approximate surface area is 180 Å². The minimum Gasteiger partial charge on any atom is -0.491 e. The summed E-state index contributed by atoms with van der Waals surface area (Å²) in [6.07, 6.45) is 2.79. The Morgan fingerprint density at radius 1 is 1.29 bits per heavy atom. The van der Waals surface area contributed by atoms with Crippen molar-refractivity contribution >= 4 is 11.7 Å². The van der Waals surface area contributed by atoms with Crippen LogP contribution in [0.1, 0.15) is 46.0 Å². The van der Waals surface area contributed by atoms with Crippen LogP contribution in [-0.2, 0) is 11.3 Å². The molecule has 2 aromatic rings. The second kappa shape index (κ2) is 10.4. The molecular formula is C23H28N2O6. The third-order valence-corrected chi connectivity index (χ3v) is 5.18. The topological polar surface area (TPSA) is 107 Å². The van der Waals surface area contributed by atoms with Gasteiger partial charge in [0.05, 0.1) is 19.3 Å². The average molecular weight is 428 g/mol. The van der Waals surface area contributed by atoms with Crippen molar-refractivity contribution in [3.05, 3.63) is 63.6 Å². The van der Waals surface area contributed by atoms with Crippen LogP contribution < -0.4 is 15.6 Å². The summed E-state index contributed by atoms with van der Waals surface area (Å²) in [6, 6.07) is 8.49. The van der Waals surface area contributed by atoms with E-state index in [1.165, 1.54) is 23.9 Å². The van der Waals surface area contributed by atoms with E-state index in [1.54, 1.807) is 18.2 Å². The summed E-state index contributed by atoms with van der Waals surface area (Å²) in [5, 5.41) is 11.4. The van der Waals surface area contributed by atoms with E-state index >= 15 is 0 Å². The summed E-state index contributed by atoms with van der Waals surface area (Å²) in [6.45, 7) is 2.77. The Morgan fingerprint density at radius 2 is 2.10 bits per heavy atom. The van der Waals surface area contributed by atoms with Gasteiger partial charge in [0.1, 0.15) is 17.9 Å². The number of carbonyl (C=O) groups excluding carboxylic acids is 2. The molecule has 0 unspecified atom stereocenters. The molecule has 1 heterocycles. The van der Waals surface area contributed by atoms with Crippen molar-refractivity contribution in [3.63, 3.8) is 0 Å². The van der Waals surface area contributed by atoms with Crippen molar-refractivity contribution in [2.75, 3.05) is 26.9 Å². The highest BCUT2D eigenvalue weighted by molar-refractivity contribution is 6.00. The van der Waals surface area contributed by atoms with Crippen LogP contribution in [0.2, 0.25) is 0 Å². The van der Waals surface area contributed by atoms with Gasteiger partial charge in [0.2, 0.25) is 0 Å². The maximum absolute atomic E-state index is 12.9. The molecule has 1 fully saturated rings. The number of hydrogen-bond acceptors (Lipinski definition) is 6. The highest BCUT2D eigenvalue weighted by Gasteiger charge is 2.39. The zero-order chi connectivity index (χ0) is 22.4. The number of aliphatic hydroxyl groups excluding tert-OH is 1. The monoisotopic (exact) mass is 428 g/mol. The van der Waals surface area contributed by atoms with Gasteiger partial charge in [0, 0.05) is 31.8 Å². The Bertz CT molecular complexity index is 1000. The van der Waals surface area contributed by atoms with Gasteiger partial charge >= 0.3 is 0 Å². The minimum absolute atomic E-state index is 0.0711. The number of Topliss-reactive ketones (excluding diaryl/α,β-unsaturated/α-hetero) is 1. The van der Waals surface area contributed by atoms with Crippen LogP contribution in [0.25, 0.3) is 0 Å². The first-order valence-corrected chi connectivity index (χ1v) is 10.4. The summed E-state index contributed by atoms with van der Waals surface area (Å²) < 4.78 is 12.3. The number of benzene rings is 1. The minimum atomic E-state index is -0.535. The van der Waals surface area contributed by atoms with Crippen molar-refractivity contribution in [3.8, 4) is 5.75 Å². The molecule has 0 spiro atoms. The number of nitrogens with zero attached hydrogens (tertiary/aromatic N) is 1. The van der Waals surface area contributed by atoms with Gasteiger partial charge in [-0.2, -0.15) is 0 Å². The summed E-state index contributed by atoms with van der Waals surface area (Å²) in [5.74, 6) is 0.0869. The van der Waals surface area contributed by atoms with Crippen LogP contribution in [0.3, 0.4) is 0 Å². The highest BCUT2D eigenvalue weighted by Crippen LogP contribution is 2.37. The lowest BCUT2D eigenvalue weighted by Crippen LogP contribution is -2.32. The van der Waals surface area contributed by atoms with Crippen LogP contribution in [0.5, 0.6) is 5.75 Å². The van der Waals surface area contributed by atoms with E-state index in [0.717, 1.165) is 12.0 Å². The van der Waals surface area contributed by atoms with Gasteiger partial charge in [-0.3, -0.25) is 14.4 Å². The van der Waals surface area contributed by atoms with Crippen molar-refractivity contribution in [1.29, 1.82) is 0 Å². The molecule has 1 aliphatic rings. The molecule has 1 saturated carbocycles. The zero-order valence-corrected chi connectivity index (χ0v) is 17.8. The molecule has 1 aromatic carbocycles. The number of aliphatic hydroxyl groups is 1. The molecule has 0 aliphatic heterocycles. The van der Waals surface area contributed by atoms with Crippen LogP contribution in [0.4, 0.5) is 0 Å². The predicted molar refractivity (Wildman–Crippen MR) is 115 cm³/mol. The Kier molecular flexibility index (Phi) is 7.59. The first-order valence-electron chi connectivity index (χ1n) is 10.4. The van der Waals surface area contributed by atoms with E-state index in [9.17, 15) is 14.4 Å². The predicted octanol–water partition coefficient (Wildman–Crippen LogP) is 1.63. The summed E-state index contributed by atoms with van der Waals surface area (Å²) in [7, 11) is 1.44. The normalized spacial score (nSPS) is 17.3. The molecule has 0 saturated heterocycles. The number of ketones is 1. The number of hydrogen-bond donors (Lipinski definition) is 2. The number of nitrogens with one attached hydrogen (secondary N) is 1. The first kappa shape index (κ1) is 22.7. The molecule has 31 heavy (non-hydrogen) atoms. The van der Waals surface area contributed by atoms with Gasteiger partial charge in [0.15, 0.2) is 5.78 Å². The van der Waals surface area contributed by atoms with Crippen LogP contribution in [-0.4, -0.2) is 54.3 Å². The third-order valence-electron chi connectivity index (χ3n) is 5.18. The second-order valence-corrected chi connectivity index (χ2v) is 7.49. The van der Waals surface area contributed by atoms with E-state index in [4.69, 9.17) is 14.6 Å². The van der Waals surface area contributed by atoms with Gasteiger partial charge in [-0.15, -0.1) is 0 Å². The number of pyridine rings is 1. The van der Waals surface area contributed by atoms with E-state index in [-0.39, 0.29) is 43.1 Å². The molecule has 0 bridgehead atoms. The number of aromatic nitrogens is 1. The molecule has 1 aliphatic carbocycles. The maximum atomic E-state index is 12.9. The van der Waals surface area contributed by atoms with Crippen molar-refractivity contribution in [1.82, 2.24) is 9.88 Å².